The van der Waals surface area contributed by atoms with Crippen molar-refractivity contribution in [2.45, 2.75) is 44.9 Å². The number of aliphatic hydroxyl groups is 1. The van der Waals surface area contributed by atoms with Gasteiger partial charge in [0.1, 0.15) is 0 Å². The fraction of sp³-hybridized carbons (Fsp3) is 0.750. The molecular weight excluding hydrogens is 284 g/mol. The molecule has 1 aromatic rings. The number of nitrogens with one attached hydrogen (secondary N) is 1. The molecule has 0 saturated carbocycles. The van der Waals surface area contributed by atoms with Gasteiger partial charge in [-0.2, -0.15) is 0 Å². The van der Waals surface area contributed by atoms with Crippen LogP contribution in [0.1, 0.15) is 35.6 Å². The van der Waals surface area contributed by atoms with Gasteiger partial charge >= 0.3 is 0 Å². The number of β-amino-alcohol motifs (C(OH)–C–C–N with tert-alkyl or cyclic N) is 1. The summed E-state index contributed by atoms with van der Waals surface area (Å²) < 4.78 is 4.98. The van der Waals surface area contributed by atoms with Gasteiger partial charge in [0.2, 0.25) is 0 Å². The number of rotatable bonds is 7. The lowest BCUT2D eigenvalue weighted by Gasteiger charge is -2.34. The number of nitrogens with zero attached hydrogens (tertiary/aromatic N) is 1. The Labute approximate surface area is 132 Å². The van der Waals surface area contributed by atoms with Gasteiger partial charge in [-0.05, 0) is 51.9 Å². The second kappa shape index (κ2) is 8.25. The maximum Gasteiger partial charge on any atom is 0.0900 e. The number of thiophene rings is 1. The second-order valence-corrected chi connectivity index (χ2v) is 7.34. The first-order chi connectivity index (χ1) is 10.1. The summed E-state index contributed by atoms with van der Waals surface area (Å²) in [5.74, 6) is 0. The van der Waals surface area contributed by atoms with E-state index in [1.54, 1.807) is 7.11 Å². The molecule has 120 valence electrons. The lowest BCUT2D eigenvalue weighted by molar-refractivity contribution is 0.0308. The molecule has 2 atom stereocenters. The van der Waals surface area contributed by atoms with Gasteiger partial charge in [0, 0.05) is 35.5 Å². The van der Waals surface area contributed by atoms with Crippen molar-refractivity contribution in [1.82, 2.24) is 10.2 Å². The standard InChI is InChI=1S/C16H28N2O2S/c1-12-4-5-16(21-12)13(2)17-14-6-8-18(9-7-14)10-15(19)11-20-3/h4-5,13-15,17,19H,6-11H2,1-3H3. The first kappa shape index (κ1) is 16.9. The topological polar surface area (TPSA) is 44.7 Å². The first-order valence-corrected chi connectivity index (χ1v) is 8.62. The van der Waals surface area contributed by atoms with E-state index in [0.29, 0.717) is 18.7 Å². The molecule has 0 radical (unpaired) electrons. The quantitative estimate of drug-likeness (QED) is 0.810. The molecule has 1 saturated heterocycles. The zero-order chi connectivity index (χ0) is 15.2. The minimum Gasteiger partial charge on any atom is -0.389 e. The Kier molecular flexibility index (Phi) is 6.64. The zero-order valence-electron chi connectivity index (χ0n) is 13.3. The Balaban J connectivity index is 1.71. The molecule has 1 aliphatic heterocycles. The summed E-state index contributed by atoms with van der Waals surface area (Å²) in [6.45, 7) is 7.65. The molecule has 0 spiro atoms. The van der Waals surface area contributed by atoms with Gasteiger partial charge in [0.25, 0.3) is 0 Å². The van der Waals surface area contributed by atoms with E-state index in [9.17, 15) is 5.11 Å². The minimum atomic E-state index is -0.368. The van der Waals surface area contributed by atoms with Crippen LogP contribution in [0.3, 0.4) is 0 Å². The molecule has 0 amide bonds. The lowest BCUT2D eigenvalue weighted by atomic mass is 10.0. The number of hydrogen-bond acceptors (Lipinski definition) is 5. The molecular formula is C16H28N2O2S. The molecule has 2 rings (SSSR count). The molecule has 21 heavy (non-hydrogen) atoms. The average Bonchev–Trinajstić information content (AvgIpc) is 2.88. The van der Waals surface area contributed by atoms with Gasteiger partial charge in [-0.3, -0.25) is 0 Å². The van der Waals surface area contributed by atoms with Crippen LogP contribution < -0.4 is 5.32 Å². The Morgan fingerprint density at radius 1 is 1.43 bits per heavy atom. The molecule has 5 heteroatoms. The molecule has 1 aliphatic rings. The van der Waals surface area contributed by atoms with Crippen LogP contribution in [0.4, 0.5) is 0 Å². The normalized spacial score (nSPS) is 20.6. The third-order valence-electron chi connectivity index (χ3n) is 4.09. The highest BCUT2D eigenvalue weighted by Crippen LogP contribution is 2.24. The maximum absolute atomic E-state index is 9.78. The third kappa shape index (κ3) is 5.34. The van der Waals surface area contributed by atoms with Crippen LogP contribution >= 0.6 is 11.3 Å². The summed E-state index contributed by atoms with van der Waals surface area (Å²) in [5, 5.41) is 13.5. The molecule has 2 heterocycles. The summed E-state index contributed by atoms with van der Waals surface area (Å²) in [6.07, 6.45) is 1.93. The number of aliphatic hydroxyl groups excluding tert-OH is 1. The molecule has 2 N–H and O–H groups in total. The van der Waals surface area contributed by atoms with Crippen molar-refractivity contribution in [2.75, 3.05) is 33.4 Å². The van der Waals surface area contributed by atoms with E-state index in [4.69, 9.17) is 4.74 Å². The molecule has 1 aromatic heterocycles. The highest BCUT2D eigenvalue weighted by molar-refractivity contribution is 7.12. The Morgan fingerprint density at radius 3 is 2.71 bits per heavy atom. The summed E-state index contributed by atoms with van der Waals surface area (Å²) >= 11 is 1.88. The Hall–Kier alpha value is -0.460. The lowest BCUT2D eigenvalue weighted by Crippen LogP contribution is -2.45. The smallest absolute Gasteiger partial charge is 0.0900 e. The van der Waals surface area contributed by atoms with Crippen LogP contribution in [-0.2, 0) is 4.74 Å². The summed E-state index contributed by atoms with van der Waals surface area (Å²) in [5.41, 5.74) is 0. The van der Waals surface area contributed by atoms with Crippen LogP contribution in [0.2, 0.25) is 0 Å². The summed E-state index contributed by atoms with van der Waals surface area (Å²) in [7, 11) is 1.63. The van der Waals surface area contributed by atoms with Gasteiger partial charge in [0.15, 0.2) is 0 Å². The van der Waals surface area contributed by atoms with E-state index in [-0.39, 0.29) is 6.10 Å². The van der Waals surface area contributed by atoms with Crippen LogP contribution in [-0.4, -0.2) is 55.5 Å². The van der Waals surface area contributed by atoms with Crippen LogP contribution in [0.5, 0.6) is 0 Å². The van der Waals surface area contributed by atoms with Gasteiger partial charge in [-0.15, -0.1) is 11.3 Å². The molecule has 2 unspecified atom stereocenters. The highest BCUT2D eigenvalue weighted by atomic mass is 32.1. The van der Waals surface area contributed by atoms with Crippen LogP contribution in [0, 0.1) is 6.92 Å². The Morgan fingerprint density at radius 2 is 2.14 bits per heavy atom. The van der Waals surface area contributed by atoms with Crippen molar-refractivity contribution in [1.29, 1.82) is 0 Å². The zero-order valence-corrected chi connectivity index (χ0v) is 14.2. The fourth-order valence-electron chi connectivity index (χ4n) is 2.95. The van der Waals surface area contributed by atoms with Crippen LogP contribution in [0.25, 0.3) is 0 Å². The Bertz CT molecular complexity index is 416. The van der Waals surface area contributed by atoms with Crippen molar-refractivity contribution >= 4 is 11.3 Å². The third-order valence-corrected chi connectivity index (χ3v) is 5.27. The van der Waals surface area contributed by atoms with Crippen molar-refractivity contribution < 1.29 is 9.84 Å². The van der Waals surface area contributed by atoms with E-state index < -0.39 is 0 Å². The largest absolute Gasteiger partial charge is 0.389 e. The fourth-order valence-corrected chi connectivity index (χ4v) is 3.84. The highest BCUT2D eigenvalue weighted by Gasteiger charge is 2.22. The maximum atomic E-state index is 9.78. The van der Waals surface area contributed by atoms with E-state index >= 15 is 0 Å². The molecule has 1 fully saturated rings. The van der Waals surface area contributed by atoms with Gasteiger partial charge in [-0.1, -0.05) is 0 Å². The van der Waals surface area contributed by atoms with Gasteiger partial charge in [-0.25, -0.2) is 0 Å². The predicted octanol–water partition coefficient (Wildman–Crippen LogP) is 2.18. The van der Waals surface area contributed by atoms with E-state index in [1.807, 2.05) is 11.3 Å². The predicted molar refractivity (Wildman–Crippen MR) is 88.0 cm³/mol. The average molecular weight is 312 g/mol. The van der Waals surface area contributed by atoms with E-state index in [0.717, 1.165) is 32.5 Å². The first-order valence-electron chi connectivity index (χ1n) is 7.80. The van der Waals surface area contributed by atoms with Gasteiger partial charge in [0.05, 0.1) is 12.7 Å². The number of piperidine rings is 1. The van der Waals surface area contributed by atoms with Crippen LogP contribution in [0.15, 0.2) is 12.1 Å². The van der Waals surface area contributed by atoms with Crippen molar-refractivity contribution in [3.63, 3.8) is 0 Å². The van der Waals surface area contributed by atoms with Crippen molar-refractivity contribution in [3.05, 3.63) is 21.9 Å². The number of ether oxygens (including phenoxy) is 1. The SMILES string of the molecule is COCC(O)CN1CCC(NC(C)c2ccc(C)s2)CC1. The second-order valence-electron chi connectivity index (χ2n) is 6.02. The number of aryl methyl sites for hydroxylation is 1. The molecule has 0 aromatic carbocycles. The summed E-state index contributed by atoms with van der Waals surface area (Å²) in [6, 6.07) is 5.43. The number of methoxy groups -OCH3 is 1. The number of likely N-dealkylation sites (tertiary alicyclic amines) is 1. The number of hydrogen-bond donors (Lipinski definition) is 2. The monoisotopic (exact) mass is 312 g/mol. The molecule has 0 bridgehead atoms. The van der Waals surface area contributed by atoms with Crippen molar-refractivity contribution in [2.24, 2.45) is 0 Å². The summed E-state index contributed by atoms with van der Waals surface area (Å²) in [4.78, 5) is 5.13. The van der Waals surface area contributed by atoms with E-state index in [2.05, 4.69) is 36.2 Å². The van der Waals surface area contributed by atoms with Crippen molar-refractivity contribution in [3.8, 4) is 0 Å². The minimum absolute atomic E-state index is 0.368. The molecule has 4 nitrogen and oxygen atoms in total. The molecule has 0 aliphatic carbocycles. The van der Waals surface area contributed by atoms with E-state index in [1.165, 1.54) is 9.75 Å². The van der Waals surface area contributed by atoms with Gasteiger partial charge < -0.3 is 20.1 Å².